The minimum absolute atomic E-state index is 0.0526. The second kappa shape index (κ2) is 7.30. The number of nitrogens with zero attached hydrogens (tertiary/aromatic N) is 1. The molecule has 0 radical (unpaired) electrons. The molecule has 1 N–H and O–H groups in total. The fraction of sp³-hybridized carbons (Fsp3) is 0.533. The molecule has 20 heavy (non-hydrogen) atoms. The van der Waals surface area contributed by atoms with Crippen molar-refractivity contribution in [2.45, 2.75) is 25.7 Å². The van der Waals surface area contributed by atoms with Crippen LogP contribution in [0.25, 0.3) is 0 Å². The first-order chi connectivity index (χ1) is 9.22. The van der Waals surface area contributed by atoms with Crippen LogP contribution in [0, 0.1) is 0 Å². The molecule has 0 unspecified atom stereocenters. The van der Waals surface area contributed by atoms with Gasteiger partial charge in [0.2, 0.25) is 5.91 Å². The first-order valence-electron chi connectivity index (χ1n) is 6.59. The molecule has 0 saturated carbocycles. The van der Waals surface area contributed by atoms with Crippen LogP contribution in [0.4, 0.5) is 0 Å². The van der Waals surface area contributed by atoms with Crippen molar-refractivity contribution < 1.29 is 4.79 Å². The van der Waals surface area contributed by atoms with Crippen LogP contribution >= 0.6 is 23.2 Å². The Balaban J connectivity index is 2.63. The van der Waals surface area contributed by atoms with E-state index in [0.717, 1.165) is 12.1 Å². The van der Waals surface area contributed by atoms with Crippen LogP contribution in [0.5, 0.6) is 0 Å². The second-order valence-electron chi connectivity index (χ2n) is 5.84. The van der Waals surface area contributed by atoms with Gasteiger partial charge in [0.05, 0.1) is 0 Å². The maximum Gasteiger partial charge on any atom is 0.221 e. The highest BCUT2D eigenvalue weighted by atomic mass is 35.5. The Morgan fingerprint density at radius 3 is 2.50 bits per heavy atom. The second-order valence-corrected chi connectivity index (χ2v) is 6.68. The highest BCUT2D eigenvalue weighted by Crippen LogP contribution is 2.31. The van der Waals surface area contributed by atoms with Gasteiger partial charge in [-0.3, -0.25) is 4.79 Å². The zero-order valence-electron chi connectivity index (χ0n) is 12.5. The van der Waals surface area contributed by atoms with Crippen molar-refractivity contribution >= 4 is 29.1 Å². The third-order valence-corrected chi connectivity index (χ3v) is 3.72. The summed E-state index contributed by atoms with van der Waals surface area (Å²) in [6.07, 6.45) is 0.497. The summed E-state index contributed by atoms with van der Waals surface area (Å²) in [6.45, 7) is 5.39. The molecule has 3 nitrogen and oxygen atoms in total. The van der Waals surface area contributed by atoms with Gasteiger partial charge in [0.25, 0.3) is 0 Å². The number of halogens is 2. The van der Waals surface area contributed by atoms with E-state index in [9.17, 15) is 4.79 Å². The third kappa shape index (κ3) is 5.31. The number of hydrogen-bond donors (Lipinski definition) is 1. The number of hydrogen-bond acceptors (Lipinski definition) is 2. The molecule has 112 valence electrons. The summed E-state index contributed by atoms with van der Waals surface area (Å²) in [5.74, 6) is 0.0526. The molecule has 0 spiro atoms. The summed E-state index contributed by atoms with van der Waals surface area (Å²) in [7, 11) is 3.90. The minimum Gasteiger partial charge on any atom is -0.355 e. The third-order valence-electron chi connectivity index (χ3n) is 3.17. The Bertz CT molecular complexity index is 473. The zero-order valence-corrected chi connectivity index (χ0v) is 14.0. The Morgan fingerprint density at radius 1 is 1.30 bits per heavy atom. The van der Waals surface area contributed by atoms with Crippen LogP contribution in [-0.2, 0) is 10.2 Å². The van der Waals surface area contributed by atoms with E-state index in [4.69, 9.17) is 23.2 Å². The topological polar surface area (TPSA) is 32.3 Å². The van der Waals surface area contributed by atoms with Crippen LogP contribution in [0.3, 0.4) is 0 Å². The first-order valence-corrected chi connectivity index (χ1v) is 7.35. The predicted octanol–water partition coefficient (Wildman–Crippen LogP) is 3.34. The highest BCUT2D eigenvalue weighted by Gasteiger charge is 2.24. The monoisotopic (exact) mass is 316 g/mol. The summed E-state index contributed by atoms with van der Waals surface area (Å²) >= 11 is 12.1. The molecule has 0 aromatic heterocycles. The van der Waals surface area contributed by atoms with E-state index in [0.29, 0.717) is 23.0 Å². The van der Waals surface area contributed by atoms with Gasteiger partial charge in [-0.15, -0.1) is 0 Å². The van der Waals surface area contributed by atoms with Crippen molar-refractivity contribution in [3.63, 3.8) is 0 Å². The van der Waals surface area contributed by atoms with Gasteiger partial charge in [0.15, 0.2) is 0 Å². The lowest BCUT2D eigenvalue weighted by molar-refractivity contribution is -0.121. The fourth-order valence-electron chi connectivity index (χ4n) is 1.87. The Labute approximate surface area is 131 Å². The van der Waals surface area contributed by atoms with E-state index >= 15 is 0 Å². The van der Waals surface area contributed by atoms with Gasteiger partial charge < -0.3 is 10.2 Å². The lowest BCUT2D eigenvalue weighted by atomic mass is 9.84. The lowest BCUT2D eigenvalue weighted by Crippen LogP contribution is -2.37. The summed E-state index contributed by atoms with van der Waals surface area (Å²) < 4.78 is 0. The minimum atomic E-state index is -0.241. The van der Waals surface area contributed by atoms with Crippen molar-refractivity contribution in [2.24, 2.45) is 0 Å². The number of benzene rings is 1. The molecule has 0 aliphatic heterocycles. The lowest BCUT2D eigenvalue weighted by Gasteiger charge is -2.27. The van der Waals surface area contributed by atoms with Gasteiger partial charge in [-0.05, 0) is 31.8 Å². The van der Waals surface area contributed by atoms with Gasteiger partial charge in [-0.25, -0.2) is 0 Å². The van der Waals surface area contributed by atoms with E-state index in [1.54, 1.807) is 6.07 Å². The molecule has 0 atom stereocenters. The van der Waals surface area contributed by atoms with Crippen LogP contribution in [-0.4, -0.2) is 38.0 Å². The van der Waals surface area contributed by atoms with E-state index < -0.39 is 0 Å². The van der Waals surface area contributed by atoms with Crippen molar-refractivity contribution in [1.29, 1.82) is 0 Å². The molecule has 1 amide bonds. The summed E-state index contributed by atoms with van der Waals surface area (Å²) in [6, 6.07) is 5.46. The number of rotatable bonds is 6. The number of amides is 1. The zero-order chi connectivity index (χ0) is 15.3. The molecule has 1 aromatic carbocycles. The molecule has 1 rings (SSSR count). The normalized spacial score (nSPS) is 11.8. The number of carbonyl (C=O) groups is 1. The standard InChI is InChI=1S/C15H22Cl2N2O/c1-15(2,10-18-14(20)7-8-19(3)4)12-6-5-11(16)9-13(12)17/h5-6,9H,7-8,10H2,1-4H3,(H,18,20). The number of carbonyl (C=O) groups excluding carboxylic acids is 1. The molecule has 0 bridgehead atoms. The summed E-state index contributed by atoms with van der Waals surface area (Å²) in [5.41, 5.74) is 0.742. The van der Waals surface area contributed by atoms with Crippen LogP contribution in [0.2, 0.25) is 10.0 Å². The van der Waals surface area contributed by atoms with Gasteiger partial charge in [0, 0.05) is 35.0 Å². The van der Waals surface area contributed by atoms with E-state index in [1.807, 2.05) is 45.0 Å². The van der Waals surface area contributed by atoms with Gasteiger partial charge in [-0.2, -0.15) is 0 Å². The van der Waals surface area contributed by atoms with Gasteiger partial charge >= 0.3 is 0 Å². The highest BCUT2D eigenvalue weighted by molar-refractivity contribution is 6.35. The molecule has 0 aliphatic carbocycles. The molecule has 0 fully saturated rings. The van der Waals surface area contributed by atoms with Crippen molar-refractivity contribution in [3.05, 3.63) is 33.8 Å². The molecule has 0 saturated heterocycles. The fourth-order valence-corrected chi connectivity index (χ4v) is 2.53. The summed E-state index contributed by atoms with van der Waals surface area (Å²) in [5, 5.41) is 4.21. The maximum atomic E-state index is 11.8. The average molecular weight is 317 g/mol. The van der Waals surface area contributed by atoms with Crippen molar-refractivity contribution in [2.75, 3.05) is 27.2 Å². The van der Waals surface area contributed by atoms with Crippen LogP contribution in [0.15, 0.2) is 18.2 Å². The summed E-state index contributed by atoms with van der Waals surface area (Å²) in [4.78, 5) is 13.8. The van der Waals surface area contributed by atoms with E-state index in [1.165, 1.54) is 0 Å². The van der Waals surface area contributed by atoms with Gasteiger partial charge in [-0.1, -0.05) is 43.1 Å². The van der Waals surface area contributed by atoms with Crippen molar-refractivity contribution in [3.8, 4) is 0 Å². The van der Waals surface area contributed by atoms with Crippen molar-refractivity contribution in [1.82, 2.24) is 10.2 Å². The molecular formula is C15H22Cl2N2O. The predicted molar refractivity (Wildman–Crippen MR) is 85.7 cm³/mol. The smallest absolute Gasteiger partial charge is 0.221 e. The van der Waals surface area contributed by atoms with E-state index in [-0.39, 0.29) is 11.3 Å². The quantitative estimate of drug-likeness (QED) is 0.873. The largest absolute Gasteiger partial charge is 0.355 e. The first kappa shape index (κ1) is 17.3. The average Bonchev–Trinajstić information content (AvgIpc) is 2.33. The number of nitrogens with one attached hydrogen (secondary N) is 1. The van der Waals surface area contributed by atoms with E-state index in [2.05, 4.69) is 5.32 Å². The molecule has 0 heterocycles. The van der Waals surface area contributed by atoms with Crippen LogP contribution < -0.4 is 5.32 Å². The van der Waals surface area contributed by atoms with Crippen LogP contribution in [0.1, 0.15) is 25.8 Å². The van der Waals surface area contributed by atoms with Gasteiger partial charge in [0.1, 0.15) is 0 Å². The SMILES string of the molecule is CN(C)CCC(=O)NCC(C)(C)c1ccc(Cl)cc1Cl. The Kier molecular flexibility index (Phi) is 6.31. The Hall–Kier alpha value is -0.770. The molecule has 0 aliphatic rings. The molecule has 5 heteroatoms. The Morgan fingerprint density at radius 2 is 1.95 bits per heavy atom. The molecule has 1 aromatic rings. The molecular weight excluding hydrogens is 295 g/mol. The maximum absolute atomic E-state index is 11.8.